The zero-order valence-corrected chi connectivity index (χ0v) is 13.9. The molecule has 0 saturated carbocycles. The van der Waals surface area contributed by atoms with Gasteiger partial charge in [-0.1, -0.05) is 0 Å². The van der Waals surface area contributed by atoms with E-state index in [1.807, 2.05) is 0 Å². The smallest absolute Gasteiger partial charge is 0.449 e. The molecule has 0 aliphatic rings. The molecule has 0 rings (SSSR count). The lowest BCUT2D eigenvalue weighted by Crippen LogP contribution is -2.34. The Bertz CT molecular complexity index is 442. The van der Waals surface area contributed by atoms with Gasteiger partial charge in [-0.25, -0.2) is 19.2 Å². The zero-order valence-electron chi connectivity index (χ0n) is 13.9. The number of rotatable bonds is 7. The minimum atomic E-state index is -1.30. The molecule has 0 N–H and O–H groups in total. The minimum Gasteiger partial charge on any atom is -0.458 e. The van der Waals surface area contributed by atoms with Gasteiger partial charge in [0.15, 0.2) is 0 Å². The van der Waals surface area contributed by atoms with Crippen LogP contribution in [0.25, 0.3) is 0 Å². The molecule has 0 saturated heterocycles. The lowest BCUT2D eigenvalue weighted by atomic mass is 10.0. The maximum absolute atomic E-state index is 11.4. The van der Waals surface area contributed by atoms with Crippen LogP contribution < -0.4 is 0 Å². The molecular formula is C14H22O9. The van der Waals surface area contributed by atoms with Gasteiger partial charge < -0.3 is 14.2 Å². The van der Waals surface area contributed by atoms with Gasteiger partial charge in [0.25, 0.3) is 0 Å². The molecule has 0 aromatic heterocycles. The third kappa shape index (κ3) is 8.77. The molecule has 0 aromatic carbocycles. The molecule has 0 amide bonds. The first-order valence-corrected chi connectivity index (χ1v) is 7.07. The largest absolute Gasteiger partial charge is 0.458 e. The van der Waals surface area contributed by atoms with Crippen LogP contribution in [0.3, 0.4) is 0 Å². The van der Waals surface area contributed by atoms with Gasteiger partial charge in [0.1, 0.15) is 11.7 Å². The number of carbonyl (C=O) groups excluding carboxylic acids is 4. The lowest BCUT2D eigenvalue weighted by Gasteiger charge is -2.25. The summed E-state index contributed by atoms with van der Waals surface area (Å²) in [5.41, 5.74) is -1.07. The first kappa shape index (κ1) is 20.8. The van der Waals surface area contributed by atoms with E-state index in [1.54, 1.807) is 20.8 Å². The summed E-state index contributed by atoms with van der Waals surface area (Å²) >= 11 is 0. The van der Waals surface area contributed by atoms with E-state index in [0.29, 0.717) is 0 Å². The minimum absolute atomic E-state index is 0.0260. The Morgan fingerprint density at radius 1 is 0.870 bits per heavy atom. The van der Waals surface area contributed by atoms with Crippen molar-refractivity contribution in [2.75, 3.05) is 13.2 Å². The highest BCUT2D eigenvalue weighted by Crippen LogP contribution is 2.19. The van der Waals surface area contributed by atoms with Gasteiger partial charge in [0, 0.05) is 6.42 Å². The Hall–Kier alpha value is -2.16. The fraction of sp³-hybridized carbons (Fsp3) is 0.714. The Labute approximate surface area is 134 Å². The van der Waals surface area contributed by atoms with E-state index in [1.165, 1.54) is 13.8 Å². The average Bonchev–Trinajstić information content (AvgIpc) is 2.44. The summed E-state index contributed by atoms with van der Waals surface area (Å²) in [4.78, 5) is 54.1. The van der Waals surface area contributed by atoms with Crippen LogP contribution in [0.2, 0.25) is 0 Å². The molecule has 9 nitrogen and oxygen atoms in total. The number of carbonyl (C=O) groups is 4. The molecule has 0 aliphatic carbocycles. The highest BCUT2D eigenvalue weighted by Gasteiger charge is 2.30. The SMILES string of the molecule is CCOC(=O)C(=O)OOC(C)(C)CC(C)OC(=O)C(=O)OCC. The summed E-state index contributed by atoms with van der Waals surface area (Å²) in [6.45, 7) is 7.79. The maximum atomic E-state index is 11.4. The second-order valence-electron chi connectivity index (χ2n) is 5.07. The summed E-state index contributed by atoms with van der Waals surface area (Å²) in [6.07, 6.45) is -0.628. The molecule has 1 atom stereocenters. The van der Waals surface area contributed by atoms with Crippen molar-refractivity contribution in [2.45, 2.75) is 52.7 Å². The van der Waals surface area contributed by atoms with E-state index in [0.717, 1.165) is 0 Å². The van der Waals surface area contributed by atoms with Crippen molar-refractivity contribution in [3.63, 3.8) is 0 Å². The maximum Gasteiger partial charge on any atom is 0.449 e. The Morgan fingerprint density at radius 2 is 1.35 bits per heavy atom. The topological polar surface area (TPSA) is 114 Å². The molecule has 23 heavy (non-hydrogen) atoms. The van der Waals surface area contributed by atoms with Crippen molar-refractivity contribution in [1.82, 2.24) is 0 Å². The van der Waals surface area contributed by atoms with Gasteiger partial charge in [-0.05, 0) is 34.6 Å². The standard InChI is InChI=1S/C14H22O9/c1-6-19-10(15)12(17)21-9(3)8-14(4,5)23-22-13(18)11(16)20-7-2/h9H,6-8H2,1-5H3. The van der Waals surface area contributed by atoms with Crippen molar-refractivity contribution < 1.29 is 43.2 Å². The van der Waals surface area contributed by atoms with Gasteiger partial charge in [-0.15, -0.1) is 0 Å². The average molecular weight is 334 g/mol. The first-order chi connectivity index (χ1) is 10.6. The fourth-order valence-electron chi connectivity index (χ4n) is 1.56. The third-order valence-corrected chi connectivity index (χ3v) is 2.31. The van der Waals surface area contributed by atoms with Crippen LogP contribution in [0, 0.1) is 0 Å². The zero-order chi connectivity index (χ0) is 18.0. The normalized spacial score (nSPS) is 12.0. The highest BCUT2D eigenvalue weighted by atomic mass is 17.2. The number of hydrogen-bond acceptors (Lipinski definition) is 9. The van der Waals surface area contributed by atoms with Gasteiger partial charge in [0.05, 0.1) is 13.2 Å². The van der Waals surface area contributed by atoms with E-state index < -0.39 is 35.6 Å². The molecule has 1 unspecified atom stereocenters. The van der Waals surface area contributed by atoms with E-state index >= 15 is 0 Å². The van der Waals surface area contributed by atoms with E-state index in [4.69, 9.17) is 9.62 Å². The van der Waals surface area contributed by atoms with Crippen LogP contribution in [-0.2, 0) is 43.2 Å². The number of hydrogen-bond donors (Lipinski definition) is 0. The molecule has 9 heteroatoms. The summed E-state index contributed by atoms with van der Waals surface area (Å²) in [7, 11) is 0. The monoisotopic (exact) mass is 334 g/mol. The molecule has 0 fully saturated rings. The van der Waals surface area contributed by atoms with Crippen molar-refractivity contribution >= 4 is 23.9 Å². The summed E-state index contributed by atoms with van der Waals surface area (Å²) in [5.74, 6) is -4.69. The predicted molar refractivity (Wildman–Crippen MR) is 74.7 cm³/mol. The Morgan fingerprint density at radius 3 is 1.83 bits per heavy atom. The van der Waals surface area contributed by atoms with Gasteiger partial charge in [-0.2, -0.15) is 4.89 Å². The van der Waals surface area contributed by atoms with Crippen molar-refractivity contribution in [2.24, 2.45) is 0 Å². The van der Waals surface area contributed by atoms with Crippen LogP contribution >= 0.6 is 0 Å². The quantitative estimate of drug-likeness (QED) is 0.218. The number of ether oxygens (including phenoxy) is 3. The molecular weight excluding hydrogens is 312 g/mol. The lowest BCUT2D eigenvalue weighted by molar-refractivity contribution is -0.327. The van der Waals surface area contributed by atoms with E-state index in [9.17, 15) is 19.2 Å². The van der Waals surface area contributed by atoms with Crippen LogP contribution in [0.5, 0.6) is 0 Å². The molecule has 0 spiro atoms. The van der Waals surface area contributed by atoms with Crippen molar-refractivity contribution in [3.8, 4) is 0 Å². The molecule has 0 heterocycles. The molecule has 0 aliphatic heterocycles. The van der Waals surface area contributed by atoms with Crippen LogP contribution in [-0.4, -0.2) is 48.8 Å². The van der Waals surface area contributed by atoms with Gasteiger partial charge >= 0.3 is 23.9 Å². The van der Waals surface area contributed by atoms with Crippen LogP contribution in [0.15, 0.2) is 0 Å². The summed E-state index contributed by atoms with van der Waals surface area (Å²) in [5, 5.41) is 0. The summed E-state index contributed by atoms with van der Waals surface area (Å²) in [6, 6.07) is 0. The Balaban J connectivity index is 4.34. The van der Waals surface area contributed by atoms with Crippen molar-refractivity contribution in [1.29, 1.82) is 0 Å². The van der Waals surface area contributed by atoms with Crippen LogP contribution in [0.4, 0.5) is 0 Å². The predicted octanol–water partition coefficient (Wildman–Crippen LogP) is 0.688. The van der Waals surface area contributed by atoms with E-state index in [-0.39, 0.29) is 19.6 Å². The molecule has 0 aromatic rings. The molecule has 0 bridgehead atoms. The van der Waals surface area contributed by atoms with Crippen molar-refractivity contribution in [3.05, 3.63) is 0 Å². The molecule has 0 radical (unpaired) electrons. The van der Waals surface area contributed by atoms with E-state index in [2.05, 4.69) is 14.4 Å². The van der Waals surface area contributed by atoms with Gasteiger partial charge in [-0.3, -0.25) is 4.89 Å². The Kier molecular flexibility index (Phi) is 8.86. The first-order valence-electron chi connectivity index (χ1n) is 7.07. The summed E-state index contributed by atoms with van der Waals surface area (Å²) < 4.78 is 13.8. The second kappa shape index (κ2) is 9.78. The van der Waals surface area contributed by atoms with Crippen LogP contribution in [0.1, 0.15) is 41.0 Å². The number of esters is 3. The van der Waals surface area contributed by atoms with Gasteiger partial charge in [0.2, 0.25) is 0 Å². The highest BCUT2D eigenvalue weighted by molar-refractivity contribution is 6.30. The molecule has 132 valence electrons. The fourth-order valence-corrected chi connectivity index (χ4v) is 1.56. The third-order valence-electron chi connectivity index (χ3n) is 2.31. The second-order valence-corrected chi connectivity index (χ2v) is 5.07.